The van der Waals surface area contributed by atoms with Crippen molar-refractivity contribution in [3.8, 4) is 0 Å². The first-order chi connectivity index (χ1) is 9.62. The van der Waals surface area contributed by atoms with Crippen molar-refractivity contribution >= 4 is 5.69 Å². The summed E-state index contributed by atoms with van der Waals surface area (Å²) >= 11 is 0. The van der Waals surface area contributed by atoms with E-state index in [9.17, 15) is 5.11 Å². The molecule has 3 heteroatoms. The Kier molecular flexibility index (Phi) is 3.74. The van der Waals surface area contributed by atoms with Crippen molar-refractivity contribution in [3.63, 3.8) is 0 Å². The van der Waals surface area contributed by atoms with Crippen LogP contribution in [0.4, 0.5) is 5.69 Å². The molecule has 20 heavy (non-hydrogen) atoms. The summed E-state index contributed by atoms with van der Waals surface area (Å²) in [5.41, 5.74) is 4.29. The number of rotatable bonds is 4. The van der Waals surface area contributed by atoms with Crippen LogP contribution in [0.1, 0.15) is 37.3 Å². The molecule has 3 rings (SSSR count). The molecule has 0 bridgehead atoms. The van der Waals surface area contributed by atoms with E-state index in [1.165, 1.54) is 29.7 Å². The number of aliphatic hydroxyl groups excluding tert-OH is 1. The van der Waals surface area contributed by atoms with Gasteiger partial charge in [0.1, 0.15) is 0 Å². The van der Waals surface area contributed by atoms with Crippen molar-refractivity contribution < 1.29 is 5.11 Å². The normalized spacial score (nSPS) is 28.9. The van der Waals surface area contributed by atoms with Gasteiger partial charge in [0.05, 0.1) is 0 Å². The highest BCUT2D eigenvalue weighted by Crippen LogP contribution is 2.37. The van der Waals surface area contributed by atoms with Gasteiger partial charge in [-0.15, -0.1) is 0 Å². The second kappa shape index (κ2) is 5.38. The highest BCUT2D eigenvalue weighted by molar-refractivity contribution is 5.58. The van der Waals surface area contributed by atoms with Crippen LogP contribution in [0.3, 0.4) is 0 Å². The smallest absolute Gasteiger partial charge is 0.0499 e. The summed E-state index contributed by atoms with van der Waals surface area (Å²) < 4.78 is 0. The Bertz CT molecular complexity index is 488. The Hall–Kier alpha value is -1.06. The number of hydrogen-bond acceptors (Lipinski definition) is 3. The zero-order valence-electron chi connectivity index (χ0n) is 12.7. The van der Waals surface area contributed by atoms with Gasteiger partial charge in [-0.2, -0.15) is 0 Å². The Labute approximate surface area is 122 Å². The molecule has 2 atom stereocenters. The number of aliphatic hydroxyl groups is 1. The Balaban J connectivity index is 1.65. The molecule has 0 radical (unpaired) electrons. The quantitative estimate of drug-likeness (QED) is 0.884. The van der Waals surface area contributed by atoms with Crippen LogP contribution in [0.25, 0.3) is 0 Å². The molecule has 0 saturated heterocycles. The second-order valence-corrected chi connectivity index (χ2v) is 6.77. The van der Waals surface area contributed by atoms with Crippen molar-refractivity contribution in [2.45, 2.75) is 45.2 Å². The van der Waals surface area contributed by atoms with Crippen molar-refractivity contribution in [1.82, 2.24) is 5.32 Å². The maximum Gasteiger partial charge on any atom is 0.0499 e. The van der Waals surface area contributed by atoms with Gasteiger partial charge in [-0.3, -0.25) is 0 Å². The molecule has 1 saturated carbocycles. The molecule has 0 spiro atoms. The Morgan fingerprint density at radius 1 is 1.45 bits per heavy atom. The predicted octanol–water partition coefficient (Wildman–Crippen LogP) is 2.32. The molecular formula is C17H26N2O. The van der Waals surface area contributed by atoms with Gasteiger partial charge in [-0.1, -0.05) is 25.5 Å². The number of hydrogen-bond donors (Lipinski definition) is 2. The number of nitrogens with zero attached hydrogens (tertiary/aromatic N) is 1. The van der Waals surface area contributed by atoms with Gasteiger partial charge in [-0.05, 0) is 36.5 Å². The van der Waals surface area contributed by atoms with E-state index in [1.807, 2.05) is 0 Å². The van der Waals surface area contributed by atoms with Crippen molar-refractivity contribution in [2.75, 3.05) is 25.1 Å². The average molecular weight is 274 g/mol. The number of nitrogens with one attached hydrogen (secondary N) is 1. The minimum Gasteiger partial charge on any atom is -0.396 e. The maximum absolute atomic E-state index is 9.60. The van der Waals surface area contributed by atoms with Crippen LogP contribution in [-0.2, 0) is 13.0 Å². The van der Waals surface area contributed by atoms with Crippen LogP contribution < -0.4 is 10.2 Å². The second-order valence-electron chi connectivity index (χ2n) is 6.77. The number of fused-ring (bicyclic) bond motifs is 1. The first-order valence-corrected chi connectivity index (χ1v) is 7.79. The standard InChI is InChI=1S/C17H26N2O/c1-17(12-20)8-3-4-16(17)18-11-13-5-6-15-14(10-13)7-9-19(15)2/h5-6,10,16,18,20H,3-4,7-9,11-12H2,1-2H3. The Morgan fingerprint density at radius 2 is 2.30 bits per heavy atom. The fraction of sp³-hybridized carbons (Fsp3) is 0.647. The van der Waals surface area contributed by atoms with E-state index in [0.717, 1.165) is 25.9 Å². The van der Waals surface area contributed by atoms with E-state index in [4.69, 9.17) is 0 Å². The van der Waals surface area contributed by atoms with Crippen LogP contribution in [0, 0.1) is 5.41 Å². The van der Waals surface area contributed by atoms with Gasteiger partial charge < -0.3 is 15.3 Å². The minimum atomic E-state index is 0.0664. The SMILES string of the molecule is CN1CCc2cc(CNC3CCCC3(C)CO)ccc21. The Morgan fingerprint density at radius 3 is 3.10 bits per heavy atom. The highest BCUT2D eigenvalue weighted by atomic mass is 16.3. The molecule has 1 aromatic rings. The number of anilines is 1. The van der Waals surface area contributed by atoms with Crippen molar-refractivity contribution in [3.05, 3.63) is 29.3 Å². The van der Waals surface area contributed by atoms with Gasteiger partial charge >= 0.3 is 0 Å². The fourth-order valence-electron chi connectivity index (χ4n) is 3.74. The summed E-state index contributed by atoms with van der Waals surface area (Å²) in [6, 6.07) is 7.28. The molecule has 1 fully saturated rings. The molecule has 2 aliphatic rings. The van der Waals surface area contributed by atoms with Crippen molar-refractivity contribution in [2.24, 2.45) is 5.41 Å². The molecule has 0 amide bonds. The molecule has 1 aromatic carbocycles. The molecule has 2 unspecified atom stereocenters. The van der Waals surface area contributed by atoms with Crippen LogP contribution in [-0.4, -0.2) is 31.3 Å². The molecule has 1 aliphatic carbocycles. The summed E-state index contributed by atoms with van der Waals surface area (Å²) in [6.45, 7) is 4.55. The van der Waals surface area contributed by atoms with Gasteiger partial charge in [0.25, 0.3) is 0 Å². The van der Waals surface area contributed by atoms with E-state index in [-0.39, 0.29) is 5.41 Å². The topological polar surface area (TPSA) is 35.5 Å². The van der Waals surface area contributed by atoms with E-state index < -0.39 is 0 Å². The van der Waals surface area contributed by atoms with Gasteiger partial charge in [0.2, 0.25) is 0 Å². The summed E-state index contributed by atoms with van der Waals surface area (Å²) in [4.78, 5) is 2.33. The molecule has 2 N–H and O–H groups in total. The highest BCUT2D eigenvalue weighted by Gasteiger charge is 2.37. The summed E-state index contributed by atoms with van der Waals surface area (Å²) in [5.74, 6) is 0. The van der Waals surface area contributed by atoms with Gasteiger partial charge in [0.15, 0.2) is 0 Å². The lowest BCUT2D eigenvalue weighted by molar-refractivity contribution is 0.118. The van der Waals surface area contributed by atoms with E-state index in [1.54, 1.807) is 0 Å². The van der Waals surface area contributed by atoms with E-state index >= 15 is 0 Å². The van der Waals surface area contributed by atoms with Gasteiger partial charge in [-0.25, -0.2) is 0 Å². The zero-order valence-corrected chi connectivity index (χ0v) is 12.7. The predicted molar refractivity (Wildman–Crippen MR) is 83.1 cm³/mol. The molecule has 1 aliphatic heterocycles. The fourth-order valence-corrected chi connectivity index (χ4v) is 3.74. The van der Waals surface area contributed by atoms with Crippen LogP contribution in [0.15, 0.2) is 18.2 Å². The first kappa shape index (κ1) is 13.9. The molecule has 0 aromatic heterocycles. The van der Waals surface area contributed by atoms with Crippen molar-refractivity contribution in [1.29, 1.82) is 0 Å². The summed E-state index contributed by atoms with van der Waals surface area (Å²) in [7, 11) is 2.16. The molecule has 110 valence electrons. The lowest BCUT2D eigenvalue weighted by atomic mass is 9.85. The van der Waals surface area contributed by atoms with Crippen LogP contribution >= 0.6 is 0 Å². The van der Waals surface area contributed by atoms with Gasteiger partial charge in [0, 0.05) is 43.9 Å². The lowest BCUT2D eigenvalue weighted by Crippen LogP contribution is -2.41. The number of likely N-dealkylation sites (N-methyl/N-ethyl adjacent to an activating group) is 1. The average Bonchev–Trinajstić information content (AvgIpc) is 3.01. The third-order valence-electron chi connectivity index (χ3n) is 5.27. The summed E-state index contributed by atoms with van der Waals surface area (Å²) in [6.07, 6.45) is 4.71. The molecular weight excluding hydrogens is 248 g/mol. The maximum atomic E-state index is 9.60. The molecule has 3 nitrogen and oxygen atoms in total. The van der Waals surface area contributed by atoms with E-state index in [0.29, 0.717) is 12.6 Å². The lowest BCUT2D eigenvalue weighted by Gasteiger charge is -2.30. The number of benzene rings is 1. The molecule has 1 heterocycles. The first-order valence-electron chi connectivity index (χ1n) is 7.79. The third kappa shape index (κ3) is 2.45. The summed E-state index contributed by atoms with van der Waals surface area (Å²) in [5, 5.41) is 13.3. The zero-order chi connectivity index (χ0) is 14.2. The largest absolute Gasteiger partial charge is 0.396 e. The third-order valence-corrected chi connectivity index (χ3v) is 5.27. The monoisotopic (exact) mass is 274 g/mol. The van der Waals surface area contributed by atoms with Crippen LogP contribution in [0.2, 0.25) is 0 Å². The minimum absolute atomic E-state index is 0.0664. The van der Waals surface area contributed by atoms with E-state index in [2.05, 4.69) is 42.4 Å². The van der Waals surface area contributed by atoms with Crippen LogP contribution in [0.5, 0.6) is 0 Å².